The zero-order valence-electron chi connectivity index (χ0n) is 9.94. The van der Waals surface area contributed by atoms with Crippen molar-refractivity contribution >= 4 is 40.2 Å². The number of carboxylic acids is 1. The fourth-order valence-electron chi connectivity index (χ4n) is 1.50. The number of aromatic carboxylic acids is 1. The molecule has 0 unspecified atom stereocenters. The standard InChI is InChI=1S/C13H10INO4/c1-7-8(14)3-2-4-9(7)15-12(16)10-5-6-11(19-10)13(17)18/h2-6H,1H3,(H,15,16)(H,17,18). The van der Waals surface area contributed by atoms with Gasteiger partial charge in [-0.3, -0.25) is 4.79 Å². The number of rotatable bonds is 3. The van der Waals surface area contributed by atoms with E-state index in [2.05, 4.69) is 27.9 Å². The van der Waals surface area contributed by atoms with E-state index in [-0.39, 0.29) is 11.5 Å². The van der Waals surface area contributed by atoms with Crippen LogP contribution in [0, 0.1) is 10.5 Å². The predicted molar refractivity (Wildman–Crippen MR) is 77.5 cm³/mol. The van der Waals surface area contributed by atoms with Crippen molar-refractivity contribution in [2.24, 2.45) is 0 Å². The van der Waals surface area contributed by atoms with Gasteiger partial charge in [0.15, 0.2) is 5.76 Å². The highest BCUT2D eigenvalue weighted by molar-refractivity contribution is 14.1. The number of furan rings is 1. The molecule has 0 aliphatic carbocycles. The van der Waals surface area contributed by atoms with E-state index < -0.39 is 11.9 Å². The minimum absolute atomic E-state index is 0.0318. The van der Waals surface area contributed by atoms with Gasteiger partial charge in [-0.25, -0.2) is 4.79 Å². The lowest BCUT2D eigenvalue weighted by molar-refractivity contribution is 0.0660. The molecule has 0 aliphatic heterocycles. The Hall–Kier alpha value is -1.83. The van der Waals surface area contributed by atoms with Crippen molar-refractivity contribution in [3.8, 4) is 0 Å². The molecule has 1 aromatic heterocycles. The molecule has 0 atom stereocenters. The Morgan fingerprint density at radius 2 is 1.89 bits per heavy atom. The van der Waals surface area contributed by atoms with Gasteiger partial charge in [-0.1, -0.05) is 6.07 Å². The largest absolute Gasteiger partial charge is 0.475 e. The first kappa shape index (κ1) is 13.6. The molecular formula is C13H10INO4. The number of halogens is 1. The van der Waals surface area contributed by atoms with E-state index >= 15 is 0 Å². The number of hydrogen-bond donors (Lipinski definition) is 2. The molecule has 0 spiro atoms. The lowest BCUT2D eigenvalue weighted by Crippen LogP contribution is -2.12. The number of carbonyl (C=O) groups excluding carboxylic acids is 1. The Morgan fingerprint density at radius 1 is 1.21 bits per heavy atom. The summed E-state index contributed by atoms with van der Waals surface area (Å²) in [6, 6.07) is 8.12. The monoisotopic (exact) mass is 371 g/mol. The summed E-state index contributed by atoms with van der Waals surface area (Å²) in [5.41, 5.74) is 1.62. The number of carbonyl (C=O) groups is 2. The van der Waals surface area contributed by atoms with Gasteiger partial charge in [-0.05, 0) is 59.3 Å². The molecule has 0 fully saturated rings. The second-order valence-corrected chi connectivity index (χ2v) is 5.00. The second kappa shape index (κ2) is 5.43. The highest BCUT2D eigenvalue weighted by atomic mass is 127. The third-order valence-electron chi connectivity index (χ3n) is 2.56. The molecule has 6 heteroatoms. The number of carboxylic acid groups (broad SMARTS) is 1. The molecule has 1 amide bonds. The molecule has 0 radical (unpaired) electrons. The van der Waals surface area contributed by atoms with E-state index in [9.17, 15) is 9.59 Å². The average molecular weight is 371 g/mol. The van der Waals surface area contributed by atoms with E-state index in [0.717, 1.165) is 9.13 Å². The number of anilines is 1. The van der Waals surface area contributed by atoms with Crippen LogP contribution in [0.15, 0.2) is 34.7 Å². The first-order chi connectivity index (χ1) is 8.99. The van der Waals surface area contributed by atoms with Gasteiger partial charge in [0.1, 0.15) is 0 Å². The van der Waals surface area contributed by atoms with Crippen LogP contribution in [0.3, 0.4) is 0 Å². The van der Waals surface area contributed by atoms with Gasteiger partial charge < -0.3 is 14.8 Å². The molecular weight excluding hydrogens is 361 g/mol. The van der Waals surface area contributed by atoms with Crippen LogP contribution in [-0.4, -0.2) is 17.0 Å². The van der Waals surface area contributed by atoms with Crippen molar-refractivity contribution in [3.63, 3.8) is 0 Å². The number of amides is 1. The fourth-order valence-corrected chi connectivity index (χ4v) is 2.00. The Morgan fingerprint density at radius 3 is 2.53 bits per heavy atom. The molecule has 1 heterocycles. The van der Waals surface area contributed by atoms with Crippen molar-refractivity contribution in [2.45, 2.75) is 6.92 Å². The van der Waals surface area contributed by atoms with Gasteiger partial charge in [-0.15, -0.1) is 0 Å². The van der Waals surface area contributed by atoms with Gasteiger partial charge in [0.2, 0.25) is 5.76 Å². The molecule has 2 rings (SSSR count). The third kappa shape index (κ3) is 2.95. The zero-order valence-corrected chi connectivity index (χ0v) is 12.1. The summed E-state index contributed by atoms with van der Waals surface area (Å²) in [7, 11) is 0. The number of nitrogens with one attached hydrogen (secondary N) is 1. The molecule has 0 bridgehead atoms. The van der Waals surface area contributed by atoms with Crippen molar-refractivity contribution in [1.82, 2.24) is 0 Å². The van der Waals surface area contributed by atoms with Crippen LogP contribution in [0.4, 0.5) is 5.69 Å². The number of benzene rings is 1. The maximum absolute atomic E-state index is 11.9. The highest BCUT2D eigenvalue weighted by Gasteiger charge is 2.15. The summed E-state index contributed by atoms with van der Waals surface area (Å²) in [6.07, 6.45) is 0. The molecule has 19 heavy (non-hydrogen) atoms. The van der Waals surface area contributed by atoms with E-state index in [0.29, 0.717) is 5.69 Å². The van der Waals surface area contributed by atoms with E-state index in [1.165, 1.54) is 12.1 Å². The minimum Gasteiger partial charge on any atom is -0.475 e. The van der Waals surface area contributed by atoms with Crippen LogP contribution in [0.25, 0.3) is 0 Å². The lowest BCUT2D eigenvalue weighted by Gasteiger charge is -2.08. The maximum Gasteiger partial charge on any atom is 0.371 e. The lowest BCUT2D eigenvalue weighted by atomic mass is 10.2. The number of hydrogen-bond acceptors (Lipinski definition) is 3. The van der Waals surface area contributed by atoms with Crippen LogP contribution in [-0.2, 0) is 0 Å². The van der Waals surface area contributed by atoms with Crippen molar-refractivity contribution in [2.75, 3.05) is 5.32 Å². The minimum atomic E-state index is -1.20. The summed E-state index contributed by atoms with van der Waals surface area (Å²) in [6.45, 7) is 1.89. The van der Waals surface area contributed by atoms with Gasteiger partial charge in [0, 0.05) is 9.26 Å². The zero-order chi connectivity index (χ0) is 14.0. The first-order valence-corrected chi connectivity index (χ1v) is 6.46. The molecule has 2 aromatic rings. The van der Waals surface area contributed by atoms with Crippen molar-refractivity contribution in [1.29, 1.82) is 0 Å². The SMILES string of the molecule is Cc1c(I)cccc1NC(=O)c1ccc(C(=O)O)o1. The Labute approximate surface area is 122 Å². The second-order valence-electron chi connectivity index (χ2n) is 3.84. The van der Waals surface area contributed by atoms with Crippen LogP contribution < -0.4 is 5.32 Å². The highest BCUT2D eigenvalue weighted by Crippen LogP contribution is 2.21. The fraction of sp³-hybridized carbons (Fsp3) is 0.0769. The van der Waals surface area contributed by atoms with Crippen LogP contribution in [0.5, 0.6) is 0 Å². The Bertz CT molecular complexity index is 648. The summed E-state index contributed by atoms with van der Waals surface area (Å²) < 4.78 is 5.96. The first-order valence-electron chi connectivity index (χ1n) is 5.38. The van der Waals surface area contributed by atoms with Gasteiger partial charge in [0.25, 0.3) is 5.91 Å². The van der Waals surface area contributed by atoms with E-state index in [1.807, 2.05) is 19.1 Å². The van der Waals surface area contributed by atoms with Gasteiger partial charge in [0.05, 0.1) is 0 Å². The topological polar surface area (TPSA) is 79.5 Å². The van der Waals surface area contributed by atoms with Crippen LogP contribution in [0.1, 0.15) is 26.7 Å². The molecule has 5 nitrogen and oxygen atoms in total. The molecule has 0 saturated heterocycles. The van der Waals surface area contributed by atoms with Gasteiger partial charge in [-0.2, -0.15) is 0 Å². The summed E-state index contributed by atoms with van der Waals surface area (Å²) >= 11 is 2.17. The normalized spacial score (nSPS) is 10.2. The summed E-state index contributed by atoms with van der Waals surface area (Å²) in [4.78, 5) is 22.6. The smallest absolute Gasteiger partial charge is 0.371 e. The average Bonchev–Trinajstić information content (AvgIpc) is 2.84. The Balaban J connectivity index is 2.21. The van der Waals surface area contributed by atoms with Crippen LogP contribution >= 0.6 is 22.6 Å². The summed E-state index contributed by atoms with van der Waals surface area (Å²) in [5.74, 6) is -1.97. The quantitative estimate of drug-likeness (QED) is 0.813. The van der Waals surface area contributed by atoms with Crippen molar-refractivity contribution in [3.05, 3.63) is 51.0 Å². The molecule has 0 aliphatic rings. The summed E-state index contributed by atoms with van der Waals surface area (Å²) in [5, 5.41) is 11.4. The maximum atomic E-state index is 11.9. The van der Waals surface area contributed by atoms with E-state index in [1.54, 1.807) is 6.07 Å². The predicted octanol–water partition coefficient (Wildman–Crippen LogP) is 3.14. The Kier molecular flexibility index (Phi) is 3.89. The van der Waals surface area contributed by atoms with E-state index in [4.69, 9.17) is 9.52 Å². The van der Waals surface area contributed by atoms with Gasteiger partial charge >= 0.3 is 5.97 Å². The molecule has 0 saturated carbocycles. The molecule has 1 aromatic carbocycles. The van der Waals surface area contributed by atoms with Crippen molar-refractivity contribution < 1.29 is 19.1 Å². The molecule has 2 N–H and O–H groups in total. The van der Waals surface area contributed by atoms with Crippen LogP contribution in [0.2, 0.25) is 0 Å². The third-order valence-corrected chi connectivity index (χ3v) is 3.73. The molecule has 98 valence electrons.